The molecule has 0 spiro atoms. The Labute approximate surface area is 356 Å². The minimum absolute atomic E-state index is 0.00991. The van der Waals surface area contributed by atoms with Gasteiger partial charge in [0.1, 0.15) is 0 Å². The molecule has 0 bridgehead atoms. The van der Waals surface area contributed by atoms with Gasteiger partial charge in [-0.2, -0.15) is 5.10 Å². The van der Waals surface area contributed by atoms with Crippen molar-refractivity contribution in [2.75, 3.05) is 72.6 Å². The van der Waals surface area contributed by atoms with E-state index in [1.807, 2.05) is 59.2 Å². The molecule has 7 rings (SSSR count). The minimum atomic E-state index is -0.841. The summed E-state index contributed by atoms with van der Waals surface area (Å²) in [5.74, 6) is -0.774. The second-order valence-electron chi connectivity index (χ2n) is 16.5. The number of para-hydroxylation sites is 1. The van der Waals surface area contributed by atoms with E-state index < -0.39 is 18.2 Å². The van der Waals surface area contributed by atoms with E-state index in [2.05, 4.69) is 21.9 Å². The van der Waals surface area contributed by atoms with Gasteiger partial charge < -0.3 is 33.6 Å². The standard InChI is InChI=1S/C45H59N7O9/c1-5-58-44(56)60-29-51-28-36-25-32(23-31(3)41(36)46-51)24-35(42(54)50-21-19-48(20-22-50)37-13-15-47(4)16-14-37)27-40(53)49-17-11-33(12-18-49)38-26-34-9-7-8-10-39(34)52(43(38)55)30-61-45(57)59-6-2/h7-10,23,25-26,28,33,35,37H,5-6,11-22,24,27,29-30H2,1-4H3/t35-/m0/s1. The van der Waals surface area contributed by atoms with Gasteiger partial charge in [0, 0.05) is 68.9 Å². The number of hydrogen-bond donors (Lipinski definition) is 0. The van der Waals surface area contributed by atoms with Crippen LogP contribution in [0.4, 0.5) is 9.59 Å². The number of aryl methyl sites for hydroxylation is 1. The van der Waals surface area contributed by atoms with Crippen molar-refractivity contribution in [2.24, 2.45) is 5.92 Å². The number of hydrogen-bond acceptors (Lipinski definition) is 12. The van der Waals surface area contributed by atoms with Crippen LogP contribution in [0.2, 0.25) is 0 Å². The highest BCUT2D eigenvalue weighted by Crippen LogP contribution is 2.30. The van der Waals surface area contributed by atoms with Crippen molar-refractivity contribution < 1.29 is 38.1 Å². The van der Waals surface area contributed by atoms with Crippen molar-refractivity contribution in [2.45, 2.75) is 84.7 Å². The number of carbonyl (C=O) groups is 4. The fourth-order valence-electron chi connectivity index (χ4n) is 9.18. The third kappa shape index (κ3) is 10.5. The number of pyridine rings is 1. The molecule has 4 aromatic rings. The van der Waals surface area contributed by atoms with Crippen LogP contribution >= 0.6 is 0 Å². The summed E-state index contributed by atoms with van der Waals surface area (Å²) in [6.07, 6.45) is 4.06. The van der Waals surface area contributed by atoms with Gasteiger partial charge in [0.2, 0.25) is 11.8 Å². The summed E-state index contributed by atoms with van der Waals surface area (Å²) in [5.41, 5.74) is 3.62. The number of piperidine rings is 2. The Kier molecular flexibility index (Phi) is 14.2. The highest BCUT2D eigenvalue weighted by atomic mass is 16.7. The van der Waals surface area contributed by atoms with Crippen LogP contribution in [0.1, 0.15) is 68.6 Å². The lowest BCUT2D eigenvalue weighted by atomic mass is 9.88. The highest BCUT2D eigenvalue weighted by Gasteiger charge is 2.34. The van der Waals surface area contributed by atoms with Crippen LogP contribution in [0.25, 0.3) is 21.8 Å². The third-order valence-electron chi connectivity index (χ3n) is 12.5. The number of carbonyl (C=O) groups excluding carboxylic acids is 4. The van der Waals surface area contributed by atoms with Gasteiger partial charge >= 0.3 is 12.3 Å². The highest BCUT2D eigenvalue weighted by molar-refractivity contribution is 5.87. The summed E-state index contributed by atoms with van der Waals surface area (Å²) in [6.45, 7) is 11.3. The summed E-state index contributed by atoms with van der Waals surface area (Å²) in [4.78, 5) is 75.1. The number of nitrogens with zero attached hydrogens (tertiary/aromatic N) is 7. The van der Waals surface area contributed by atoms with Gasteiger partial charge in [0.15, 0.2) is 13.5 Å². The zero-order chi connectivity index (χ0) is 43.0. The molecule has 0 aliphatic carbocycles. The quantitative estimate of drug-likeness (QED) is 0.164. The Hall–Kier alpha value is -5.48. The molecule has 328 valence electrons. The maximum atomic E-state index is 14.5. The first kappa shape index (κ1) is 43.6. The van der Waals surface area contributed by atoms with E-state index in [4.69, 9.17) is 18.9 Å². The number of aromatic nitrogens is 3. The van der Waals surface area contributed by atoms with Crippen LogP contribution < -0.4 is 5.56 Å². The van der Waals surface area contributed by atoms with E-state index >= 15 is 0 Å². The molecule has 5 heterocycles. The molecule has 61 heavy (non-hydrogen) atoms. The SMILES string of the molecule is CCOC(=O)OCn1cc2cc(C[C@@H](CC(=O)N3CCC(c4cc5ccccc5n(COC(=O)OCC)c4=O)CC3)C(=O)N3CCN(C4CCN(C)CC4)CC3)cc(C)c2n1. The Balaban J connectivity index is 1.05. The molecule has 0 N–H and O–H groups in total. The molecule has 3 aliphatic heterocycles. The van der Waals surface area contributed by atoms with Crippen molar-refractivity contribution in [3.8, 4) is 0 Å². The van der Waals surface area contributed by atoms with Gasteiger partial charge in [-0.05, 0) is 114 Å². The van der Waals surface area contributed by atoms with Gasteiger partial charge in [-0.25, -0.2) is 14.3 Å². The van der Waals surface area contributed by atoms with E-state index in [1.54, 1.807) is 24.7 Å². The molecule has 16 heteroatoms. The average molecular weight is 842 g/mol. The van der Waals surface area contributed by atoms with E-state index in [1.165, 1.54) is 4.57 Å². The Morgan fingerprint density at radius 3 is 2.13 bits per heavy atom. The Bertz CT molecular complexity index is 2250. The number of amides is 2. The van der Waals surface area contributed by atoms with Gasteiger partial charge in [-0.3, -0.25) is 23.9 Å². The van der Waals surface area contributed by atoms with Crippen LogP contribution in [-0.4, -0.2) is 137 Å². The molecule has 1 atom stereocenters. The molecule has 0 saturated carbocycles. The van der Waals surface area contributed by atoms with E-state index in [0.717, 1.165) is 66.4 Å². The van der Waals surface area contributed by atoms with Crippen LogP contribution in [0.3, 0.4) is 0 Å². The summed E-state index contributed by atoms with van der Waals surface area (Å²) in [7, 11) is 2.16. The number of fused-ring (bicyclic) bond motifs is 2. The van der Waals surface area contributed by atoms with Crippen LogP contribution in [0.15, 0.2) is 53.5 Å². The van der Waals surface area contributed by atoms with Crippen molar-refractivity contribution in [3.05, 3.63) is 75.7 Å². The molecule has 2 aromatic heterocycles. The summed E-state index contributed by atoms with van der Waals surface area (Å²) >= 11 is 0. The fourth-order valence-corrected chi connectivity index (χ4v) is 9.18. The number of rotatable bonds is 13. The Morgan fingerprint density at radius 2 is 1.44 bits per heavy atom. The molecule has 16 nitrogen and oxygen atoms in total. The first-order valence-corrected chi connectivity index (χ1v) is 21.7. The van der Waals surface area contributed by atoms with E-state index in [0.29, 0.717) is 62.6 Å². The van der Waals surface area contributed by atoms with Crippen molar-refractivity contribution in [1.82, 2.24) is 33.9 Å². The fraction of sp³-hybridized carbons (Fsp3) is 0.556. The monoisotopic (exact) mass is 841 g/mol. The van der Waals surface area contributed by atoms with Gasteiger partial charge in [-0.1, -0.05) is 24.3 Å². The first-order chi connectivity index (χ1) is 29.5. The molecule has 3 fully saturated rings. The van der Waals surface area contributed by atoms with Gasteiger partial charge in [0.05, 0.1) is 30.2 Å². The number of ether oxygens (including phenoxy) is 4. The predicted molar refractivity (Wildman–Crippen MR) is 228 cm³/mol. The summed E-state index contributed by atoms with van der Waals surface area (Å²) in [5, 5.41) is 6.29. The lowest BCUT2D eigenvalue weighted by Crippen LogP contribution is -2.55. The van der Waals surface area contributed by atoms with Gasteiger partial charge in [0.25, 0.3) is 5.56 Å². The molecule has 2 aromatic carbocycles. The molecule has 2 amide bonds. The lowest BCUT2D eigenvalue weighted by molar-refractivity contribution is -0.143. The molecular formula is C45H59N7O9. The second kappa shape index (κ2) is 19.9. The minimum Gasteiger partial charge on any atom is -0.435 e. The largest absolute Gasteiger partial charge is 0.510 e. The number of piperazine rings is 1. The average Bonchev–Trinajstić information content (AvgIpc) is 3.69. The maximum absolute atomic E-state index is 14.5. The lowest BCUT2D eigenvalue weighted by Gasteiger charge is -2.43. The molecule has 3 saturated heterocycles. The normalized spacial score (nSPS) is 17.7. The summed E-state index contributed by atoms with van der Waals surface area (Å²) in [6, 6.07) is 13.9. The molecule has 0 radical (unpaired) electrons. The van der Waals surface area contributed by atoms with Crippen molar-refractivity contribution in [1.29, 1.82) is 0 Å². The van der Waals surface area contributed by atoms with E-state index in [-0.39, 0.29) is 56.4 Å². The van der Waals surface area contributed by atoms with Crippen molar-refractivity contribution >= 4 is 45.9 Å². The maximum Gasteiger partial charge on any atom is 0.510 e. The van der Waals surface area contributed by atoms with Crippen molar-refractivity contribution in [3.63, 3.8) is 0 Å². The zero-order valence-corrected chi connectivity index (χ0v) is 35.9. The Morgan fingerprint density at radius 1 is 0.770 bits per heavy atom. The smallest absolute Gasteiger partial charge is 0.435 e. The topological polar surface area (TPSA) is 158 Å². The second-order valence-corrected chi connectivity index (χ2v) is 16.5. The van der Waals surface area contributed by atoms with Gasteiger partial charge in [-0.15, -0.1) is 0 Å². The summed E-state index contributed by atoms with van der Waals surface area (Å²) < 4.78 is 23.2. The number of benzene rings is 2. The number of likely N-dealkylation sites (tertiary alicyclic amines) is 2. The van der Waals surface area contributed by atoms with Crippen LogP contribution in [0, 0.1) is 12.8 Å². The molecule has 0 unspecified atom stereocenters. The predicted octanol–water partition coefficient (Wildman–Crippen LogP) is 5.11. The van der Waals surface area contributed by atoms with Crippen LogP contribution in [-0.2, 0) is 48.4 Å². The molecular weight excluding hydrogens is 783 g/mol. The molecule has 3 aliphatic rings. The first-order valence-electron chi connectivity index (χ1n) is 21.7. The van der Waals surface area contributed by atoms with E-state index in [9.17, 15) is 24.0 Å². The third-order valence-corrected chi connectivity index (χ3v) is 12.5. The van der Waals surface area contributed by atoms with Crippen LogP contribution in [0.5, 0.6) is 0 Å². The zero-order valence-electron chi connectivity index (χ0n) is 35.9.